The highest BCUT2D eigenvalue weighted by Gasteiger charge is 2.25. The number of anilines is 1. The van der Waals surface area contributed by atoms with Crippen LogP contribution in [0.15, 0.2) is 6.07 Å². The molecular formula is C15H21N3O3. The van der Waals surface area contributed by atoms with Crippen molar-refractivity contribution in [2.45, 2.75) is 39.7 Å². The van der Waals surface area contributed by atoms with Gasteiger partial charge >= 0.3 is 5.97 Å². The van der Waals surface area contributed by atoms with Crippen LogP contribution >= 0.6 is 0 Å². The number of rotatable bonds is 4. The maximum Gasteiger partial charge on any atom is 0.339 e. The molecule has 2 heterocycles. The Morgan fingerprint density at radius 3 is 2.52 bits per heavy atom. The number of aryl methyl sites for hydroxylation is 2. The summed E-state index contributed by atoms with van der Waals surface area (Å²) in [6.07, 6.45) is 2.06. The SMILES string of the molecule is Cc1cc(C)c(C(=O)O)c(NC(C)C(=O)N2CCCC2)n1. The molecule has 114 valence electrons. The Labute approximate surface area is 124 Å². The van der Waals surface area contributed by atoms with Crippen molar-refractivity contribution in [3.05, 3.63) is 22.9 Å². The minimum atomic E-state index is -1.04. The highest BCUT2D eigenvalue weighted by Crippen LogP contribution is 2.20. The Morgan fingerprint density at radius 2 is 1.95 bits per heavy atom. The van der Waals surface area contributed by atoms with Crippen LogP contribution in [0.3, 0.4) is 0 Å². The molecule has 21 heavy (non-hydrogen) atoms. The molecule has 0 saturated carbocycles. The lowest BCUT2D eigenvalue weighted by Gasteiger charge is -2.22. The molecule has 1 atom stereocenters. The van der Waals surface area contributed by atoms with Crippen molar-refractivity contribution in [1.82, 2.24) is 9.88 Å². The molecule has 1 saturated heterocycles. The fourth-order valence-corrected chi connectivity index (χ4v) is 2.69. The zero-order valence-electron chi connectivity index (χ0n) is 12.6. The van der Waals surface area contributed by atoms with Crippen LogP contribution < -0.4 is 5.32 Å². The van der Waals surface area contributed by atoms with E-state index in [1.165, 1.54) is 0 Å². The van der Waals surface area contributed by atoms with Crippen molar-refractivity contribution in [2.24, 2.45) is 0 Å². The Morgan fingerprint density at radius 1 is 1.33 bits per heavy atom. The Hall–Kier alpha value is -2.11. The van der Waals surface area contributed by atoms with Crippen LogP contribution in [-0.2, 0) is 4.79 Å². The number of carbonyl (C=O) groups is 2. The third-order valence-corrected chi connectivity index (χ3v) is 3.70. The molecule has 2 N–H and O–H groups in total. The standard InChI is InChI=1S/C15H21N3O3/c1-9-8-10(2)16-13(12(9)15(20)21)17-11(3)14(19)18-6-4-5-7-18/h8,11H,4-7H2,1-3H3,(H,16,17)(H,20,21). The van der Waals surface area contributed by atoms with Crippen molar-refractivity contribution in [1.29, 1.82) is 0 Å². The van der Waals surface area contributed by atoms with Crippen LogP contribution in [0.25, 0.3) is 0 Å². The van der Waals surface area contributed by atoms with Gasteiger partial charge in [-0.15, -0.1) is 0 Å². The summed E-state index contributed by atoms with van der Waals surface area (Å²) in [6.45, 7) is 6.83. The number of nitrogens with zero attached hydrogens (tertiary/aromatic N) is 2. The Bertz CT molecular complexity index is 566. The third kappa shape index (κ3) is 3.32. The van der Waals surface area contributed by atoms with Gasteiger partial charge in [0.25, 0.3) is 0 Å². The molecule has 0 spiro atoms. The van der Waals surface area contributed by atoms with Crippen LogP contribution in [0, 0.1) is 13.8 Å². The molecule has 1 aromatic rings. The summed E-state index contributed by atoms with van der Waals surface area (Å²) in [4.78, 5) is 29.7. The van der Waals surface area contributed by atoms with E-state index in [-0.39, 0.29) is 17.3 Å². The lowest BCUT2D eigenvalue weighted by Crippen LogP contribution is -2.40. The van der Waals surface area contributed by atoms with E-state index < -0.39 is 12.0 Å². The largest absolute Gasteiger partial charge is 0.478 e. The van der Waals surface area contributed by atoms with Crippen LogP contribution in [0.5, 0.6) is 0 Å². The second-order valence-electron chi connectivity index (χ2n) is 5.51. The van der Waals surface area contributed by atoms with E-state index in [0.717, 1.165) is 31.6 Å². The van der Waals surface area contributed by atoms with Gasteiger partial charge in [-0.25, -0.2) is 9.78 Å². The van der Waals surface area contributed by atoms with Gasteiger partial charge in [0.2, 0.25) is 5.91 Å². The minimum Gasteiger partial charge on any atom is -0.478 e. The summed E-state index contributed by atoms with van der Waals surface area (Å²) in [5, 5.41) is 12.3. The maximum absolute atomic E-state index is 12.3. The summed E-state index contributed by atoms with van der Waals surface area (Å²) in [5.41, 5.74) is 1.49. The quantitative estimate of drug-likeness (QED) is 0.884. The van der Waals surface area contributed by atoms with Crippen LogP contribution in [-0.4, -0.2) is 46.0 Å². The molecule has 1 amide bonds. The van der Waals surface area contributed by atoms with Gasteiger partial charge < -0.3 is 15.3 Å². The first kappa shape index (κ1) is 15.3. The van der Waals surface area contributed by atoms with Crippen LogP contribution in [0.2, 0.25) is 0 Å². The van der Waals surface area contributed by atoms with Gasteiger partial charge in [0, 0.05) is 18.8 Å². The molecule has 1 aliphatic rings. The normalized spacial score (nSPS) is 15.9. The number of amides is 1. The van der Waals surface area contributed by atoms with Gasteiger partial charge in [-0.3, -0.25) is 4.79 Å². The minimum absolute atomic E-state index is 0.00945. The van der Waals surface area contributed by atoms with Gasteiger partial charge in [0.05, 0.1) is 0 Å². The van der Waals surface area contributed by atoms with Gasteiger partial charge in [-0.2, -0.15) is 0 Å². The summed E-state index contributed by atoms with van der Waals surface area (Å²) >= 11 is 0. The summed E-state index contributed by atoms with van der Waals surface area (Å²) < 4.78 is 0. The predicted octanol–water partition coefficient (Wildman–Crippen LogP) is 1.82. The van der Waals surface area contributed by atoms with Gasteiger partial charge in [0.1, 0.15) is 17.4 Å². The summed E-state index contributed by atoms with van der Waals surface area (Å²) in [7, 11) is 0. The smallest absolute Gasteiger partial charge is 0.339 e. The second-order valence-corrected chi connectivity index (χ2v) is 5.51. The number of carbonyl (C=O) groups excluding carboxylic acids is 1. The number of hydrogen-bond donors (Lipinski definition) is 2. The molecule has 1 fully saturated rings. The van der Waals surface area contributed by atoms with Crippen molar-refractivity contribution in [3.63, 3.8) is 0 Å². The summed E-state index contributed by atoms with van der Waals surface area (Å²) in [6, 6.07) is 1.23. The Kier molecular flexibility index (Phi) is 4.45. The molecule has 0 radical (unpaired) electrons. The lowest BCUT2D eigenvalue weighted by atomic mass is 10.1. The number of carboxylic acid groups (broad SMARTS) is 1. The molecular weight excluding hydrogens is 270 g/mol. The average molecular weight is 291 g/mol. The second kappa shape index (κ2) is 6.11. The molecule has 1 unspecified atom stereocenters. The number of aromatic carboxylic acids is 1. The highest BCUT2D eigenvalue weighted by molar-refractivity contribution is 5.96. The first-order chi connectivity index (χ1) is 9.90. The zero-order valence-corrected chi connectivity index (χ0v) is 12.6. The van der Waals surface area contributed by atoms with Crippen molar-refractivity contribution in [3.8, 4) is 0 Å². The van der Waals surface area contributed by atoms with Gasteiger partial charge in [-0.05, 0) is 45.2 Å². The van der Waals surface area contributed by atoms with E-state index in [4.69, 9.17) is 0 Å². The molecule has 0 aliphatic carbocycles. The number of hydrogen-bond acceptors (Lipinski definition) is 4. The highest BCUT2D eigenvalue weighted by atomic mass is 16.4. The number of pyridine rings is 1. The van der Waals surface area contributed by atoms with E-state index in [2.05, 4.69) is 10.3 Å². The van der Waals surface area contributed by atoms with E-state index >= 15 is 0 Å². The van der Waals surface area contributed by atoms with Crippen LogP contribution in [0.1, 0.15) is 41.4 Å². The lowest BCUT2D eigenvalue weighted by molar-refractivity contribution is -0.130. The fraction of sp³-hybridized carbons (Fsp3) is 0.533. The van der Waals surface area contributed by atoms with Crippen molar-refractivity contribution >= 4 is 17.7 Å². The zero-order chi connectivity index (χ0) is 15.6. The predicted molar refractivity (Wildman–Crippen MR) is 79.6 cm³/mol. The van der Waals surface area contributed by atoms with E-state index in [1.807, 2.05) is 0 Å². The van der Waals surface area contributed by atoms with Crippen LogP contribution in [0.4, 0.5) is 5.82 Å². The van der Waals surface area contributed by atoms with Crippen molar-refractivity contribution in [2.75, 3.05) is 18.4 Å². The first-order valence-electron chi connectivity index (χ1n) is 7.17. The summed E-state index contributed by atoms with van der Waals surface area (Å²) in [5.74, 6) is -0.784. The molecule has 6 nitrogen and oxygen atoms in total. The third-order valence-electron chi connectivity index (χ3n) is 3.70. The van der Waals surface area contributed by atoms with E-state index in [9.17, 15) is 14.7 Å². The molecule has 6 heteroatoms. The molecule has 1 aliphatic heterocycles. The molecule has 1 aromatic heterocycles. The molecule has 0 bridgehead atoms. The van der Waals surface area contributed by atoms with E-state index in [0.29, 0.717) is 5.56 Å². The monoisotopic (exact) mass is 291 g/mol. The topological polar surface area (TPSA) is 82.5 Å². The number of aromatic nitrogens is 1. The molecule has 2 rings (SSSR count). The first-order valence-corrected chi connectivity index (χ1v) is 7.17. The number of carboxylic acids is 1. The Balaban J connectivity index is 2.22. The average Bonchev–Trinajstić information content (AvgIpc) is 2.89. The fourth-order valence-electron chi connectivity index (χ4n) is 2.69. The molecule has 0 aromatic carbocycles. The van der Waals surface area contributed by atoms with E-state index in [1.54, 1.807) is 31.7 Å². The van der Waals surface area contributed by atoms with Crippen molar-refractivity contribution < 1.29 is 14.7 Å². The number of nitrogens with one attached hydrogen (secondary N) is 1. The van der Waals surface area contributed by atoms with Gasteiger partial charge in [-0.1, -0.05) is 0 Å². The number of likely N-dealkylation sites (tertiary alicyclic amines) is 1. The van der Waals surface area contributed by atoms with Gasteiger partial charge in [0.15, 0.2) is 0 Å². The maximum atomic E-state index is 12.3.